The minimum Gasteiger partial charge on any atom is -0.192 e. The molecule has 76 valence electrons. The summed E-state index contributed by atoms with van der Waals surface area (Å²) < 4.78 is 0. The van der Waals surface area contributed by atoms with Crippen molar-refractivity contribution in [3.63, 3.8) is 0 Å². The van der Waals surface area contributed by atoms with Gasteiger partial charge in [-0.1, -0.05) is 12.2 Å². The van der Waals surface area contributed by atoms with Gasteiger partial charge in [0.15, 0.2) is 0 Å². The first-order chi connectivity index (χ1) is 7.83. The zero-order valence-electron chi connectivity index (χ0n) is 8.77. The van der Waals surface area contributed by atoms with E-state index < -0.39 is 0 Å². The third-order valence-electron chi connectivity index (χ3n) is 3.63. The molecule has 3 aliphatic carbocycles. The van der Waals surface area contributed by atoms with Crippen LogP contribution in [-0.4, -0.2) is 0 Å². The molecule has 0 aliphatic heterocycles. The van der Waals surface area contributed by atoms with E-state index in [1.807, 2.05) is 12.1 Å². The third kappa shape index (κ3) is 1.11. The average Bonchev–Trinajstić information content (AvgIpc) is 2.38. The van der Waals surface area contributed by atoms with E-state index in [0.29, 0.717) is 23.0 Å². The van der Waals surface area contributed by atoms with Gasteiger partial charge in [-0.25, -0.2) is 0 Å². The fourth-order valence-electron chi connectivity index (χ4n) is 2.80. The number of allylic oxidation sites excluding steroid dienone is 2. The van der Waals surface area contributed by atoms with Crippen LogP contribution in [-0.2, 0) is 0 Å². The molecule has 0 radical (unpaired) electrons. The molecule has 4 rings (SSSR count). The van der Waals surface area contributed by atoms with Gasteiger partial charge in [-0.3, -0.25) is 0 Å². The average molecular weight is 206 g/mol. The van der Waals surface area contributed by atoms with E-state index in [9.17, 15) is 0 Å². The Labute approximate surface area is 94.4 Å². The molecule has 0 spiro atoms. The minimum absolute atomic E-state index is 0.458. The molecule has 2 nitrogen and oxygen atoms in total. The highest BCUT2D eigenvalue weighted by molar-refractivity contribution is 5.55. The zero-order chi connectivity index (χ0) is 11.1. The van der Waals surface area contributed by atoms with Crippen LogP contribution in [0.5, 0.6) is 0 Å². The maximum absolute atomic E-state index is 9.00. The highest BCUT2D eigenvalue weighted by Crippen LogP contribution is 2.45. The number of benzene rings is 1. The lowest BCUT2D eigenvalue weighted by molar-refractivity contribution is 0.553. The lowest BCUT2D eigenvalue weighted by Crippen LogP contribution is -2.17. The molecular formula is C14H10N2. The number of hydrogen-bond acceptors (Lipinski definition) is 2. The molecule has 16 heavy (non-hydrogen) atoms. The van der Waals surface area contributed by atoms with Gasteiger partial charge < -0.3 is 0 Å². The van der Waals surface area contributed by atoms with Crippen LogP contribution in [0.4, 0.5) is 0 Å². The number of rotatable bonds is 0. The van der Waals surface area contributed by atoms with E-state index in [0.717, 1.165) is 0 Å². The van der Waals surface area contributed by atoms with Crippen molar-refractivity contribution in [3.8, 4) is 12.1 Å². The van der Waals surface area contributed by atoms with E-state index >= 15 is 0 Å². The third-order valence-corrected chi connectivity index (χ3v) is 3.63. The molecule has 2 atom stereocenters. The largest absolute Gasteiger partial charge is 0.192 e. The van der Waals surface area contributed by atoms with Gasteiger partial charge in [0.2, 0.25) is 0 Å². The molecule has 0 fully saturated rings. The van der Waals surface area contributed by atoms with Crippen LogP contribution in [0.1, 0.15) is 46.9 Å². The first-order valence-corrected chi connectivity index (χ1v) is 5.50. The highest BCUT2D eigenvalue weighted by Gasteiger charge is 2.29. The fraction of sp³-hybridized carbons (Fsp3) is 0.286. The van der Waals surface area contributed by atoms with Crippen molar-refractivity contribution < 1.29 is 0 Å². The van der Waals surface area contributed by atoms with Crippen LogP contribution >= 0.6 is 0 Å². The Morgan fingerprint density at radius 3 is 1.62 bits per heavy atom. The molecule has 0 N–H and O–H groups in total. The number of hydrogen-bond donors (Lipinski definition) is 0. The summed E-state index contributed by atoms with van der Waals surface area (Å²) in [6, 6.07) is 8.04. The second-order valence-electron chi connectivity index (χ2n) is 4.43. The molecule has 1 aromatic carbocycles. The Morgan fingerprint density at radius 2 is 1.31 bits per heavy atom. The number of nitrogens with zero attached hydrogens (tertiary/aromatic N) is 2. The van der Waals surface area contributed by atoms with Crippen molar-refractivity contribution in [2.75, 3.05) is 0 Å². The SMILES string of the molecule is N#Cc1cc2c(cc1C#N)[C@H]1C=C[C@@H]2CC1. The van der Waals surface area contributed by atoms with Crippen molar-refractivity contribution in [1.82, 2.24) is 0 Å². The van der Waals surface area contributed by atoms with Gasteiger partial charge in [0.05, 0.1) is 11.1 Å². The number of nitriles is 2. The summed E-state index contributed by atoms with van der Waals surface area (Å²) >= 11 is 0. The van der Waals surface area contributed by atoms with Crippen LogP contribution in [0.25, 0.3) is 0 Å². The van der Waals surface area contributed by atoms with Crippen LogP contribution in [0.2, 0.25) is 0 Å². The molecule has 2 bridgehead atoms. The van der Waals surface area contributed by atoms with Gasteiger partial charge in [0.25, 0.3) is 0 Å². The minimum atomic E-state index is 0.458. The maximum Gasteiger partial charge on any atom is 0.101 e. The van der Waals surface area contributed by atoms with E-state index in [1.165, 1.54) is 24.0 Å². The van der Waals surface area contributed by atoms with Gasteiger partial charge in [-0.2, -0.15) is 10.5 Å². The first kappa shape index (κ1) is 9.19. The van der Waals surface area contributed by atoms with Crippen molar-refractivity contribution in [2.24, 2.45) is 0 Å². The quantitative estimate of drug-likeness (QED) is 0.612. The summed E-state index contributed by atoms with van der Waals surface area (Å²) in [6.45, 7) is 0. The predicted octanol–water partition coefficient (Wildman–Crippen LogP) is 2.96. The zero-order valence-corrected chi connectivity index (χ0v) is 8.77. The van der Waals surface area contributed by atoms with Gasteiger partial charge in [0, 0.05) is 11.8 Å². The van der Waals surface area contributed by atoms with E-state index in [4.69, 9.17) is 10.5 Å². The first-order valence-electron chi connectivity index (χ1n) is 5.50. The molecule has 2 heteroatoms. The van der Waals surface area contributed by atoms with Gasteiger partial charge >= 0.3 is 0 Å². The van der Waals surface area contributed by atoms with E-state index in [2.05, 4.69) is 24.3 Å². The van der Waals surface area contributed by atoms with Crippen LogP contribution < -0.4 is 0 Å². The summed E-state index contributed by atoms with van der Waals surface area (Å²) in [4.78, 5) is 0. The van der Waals surface area contributed by atoms with Crippen molar-refractivity contribution in [3.05, 3.63) is 46.5 Å². The van der Waals surface area contributed by atoms with Gasteiger partial charge in [-0.15, -0.1) is 0 Å². The smallest absolute Gasteiger partial charge is 0.101 e. The number of fused-ring (bicyclic) bond motifs is 1. The summed E-state index contributed by atoms with van der Waals surface area (Å²) in [5.74, 6) is 0.916. The molecule has 0 heterocycles. The summed E-state index contributed by atoms with van der Waals surface area (Å²) in [7, 11) is 0. The van der Waals surface area contributed by atoms with Crippen LogP contribution in [0.15, 0.2) is 24.3 Å². The summed E-state index contributed by atoms with van der Waals surface area (Å²) in [5, 5.41) is 18.0. The normalized spacial score (nSPS) is 24.6. The topological polar surface area (TPSA) is 47.6 Å². The summed E-state index contributed by atoms with van der Waals surface area (Å²) in [5.41, 5.74) is 3.55. The Hall–Kier alpha value is -2.06. The Balaban J connectivity index is 2.26. The van der Waals surface area contributed by atoms with Crippen LogP contribution in [0, 0.1) is 22.7 Å². The van der Waals surface area contributed by atoms with Crippen molar-refractivity contribution in [2.45, 2.75) is 24.7 Å². The molecular weight excluding hydrogens is 196 g/mol. The molecule has 0 saturated carbocycles. The molecule has 0 unspecified atom stereocenters. The van der Waals surface area contributed by atoms with E-state index in [1.54, 1.807) is 0 Å². The maximum atomic E-state index is 9.00. The molecule has 0 amide bonds. The standard InChI is InChI=1S/C14H10N2/c15-7-11-5-13-9-1-2-10(4-3-9)14(13)6-12(11)8-16/h1-2,5-6,9-10H,3-4H2/t9-,10+. The monoisotopic (exact) mass is 206 g/mol. The molecule has 0 saturated heterocycles. The lowest BCUT2D eigenvalue weighted by Gasteiger charge is -2.33. The van der Waals surface area contributed by atoms with Gasteiger partial charge in [0.1, 0.15) is 12.1 Å². The Bertz CT molecular complexity index is 519. The molecule has 1 aromatic rings. The lowest BCUT2D eigenvalue weighted by atomic mass is 9.71. The molecule has 3 aliphatic rings. The molecule has 0 aromatic heterocycles. The highest BCUT2D eigenvalue weighted by atomic mass is 14.3. The Morgan fingerprint density at radius 1 is 0.875 bits per heavy atom. The van der Waals surface area contributed by atoms with Gasteiger partial charge in [-0.05, 0) is 36.1 Å². The van der Waals surface area contributed by atoms with Crippen molar-refractivity contribution >= 4 is 0 Å². The predicted molar refractivity (Wildman–Crippen MR) is 59.7 cm³/mol. The fourth-order valence-corrected chi connectivity index (χ4v) is 2.80. The van der Waals surface area contributed by atoms with Crippen LogP contribution in [0.3, 0.4) is 0 Å². The van der Waals surface area contributed by atoms with Crippen molar-refractivity contribution in [1.29, 1.82) is 10.5 Å². The summed E-state index contributed by atoms with van der Waals surface area (Å²) in [6.07, 6.45) is 6.82. The second-order valence-corrected chi connectivity index (χ2v) is 4.43. The van der Waals surface area contributed by atoms with E-state index in [-0.39, 0.29) is 0 Å². The Kier molecular flexibility index (Phi) is 1.85. The second kappa shape index (κ2) is 3.22.